The minimum Gasteiger partial charge on any atom is -0.480 e. The normalized spacial score (nSPS) is 15.8. The molecule has 0 rings (SSSR count). The number of carbonyl (C=O) groups excluding carboxylic acids is 3. The van der Waals surface area contributed by atoms with Gasteiger partial charge in [0.15, 0.2) is 0 Å². The summed E-state index contributed by atoms with van der Waals surface area (Å²) in [4.78, 5) is 46.8. The third-order valence-corrected chi connectivity index (χ3v) is 3.57. The van der Waals surface area contributed by atoms with E-state index >= 15 is 0 Å². The second-order valence-corrected chi connectivity index (χ2v) is 6.20. The lowest BCUT2D eigenvalue weighted by Crippen LogP contribution is -2.58. The predicted octanol–water partition coefficient (Wildman–Crippen LogP) is -1.52. The lowest BCUT2D eigenvalue weighted by Gasteiger charge is -2.25. The second-order valence-electron chi connectivity index (χ2n) is 5.83. The van der Waals surface area contributed by atoms with E-state index in [-0.39, 0.29) is 11.7 Å². The van der Waals surface area contributed by atoms with Gasteiger partial charge in [0.25, 0.3) is 0 Å². The van der Waals surface area contributed by atoms with Gasteiger partial charge in [-0.05, 0) is 19.8 Å². The summed E-state index contributed by atoms with van der Waals surface area (Å²) in [5.74, 6) is -3.20. The number of carboxylic acid groups (broad SMARTS) is 1. The number of carbonyl (C=O) groups is 4. The molecule has 4 unspecified atom stereocenters. The van der Waals surface area contributed by atoms with Crippen molar-refractivity contribution in [1.29, 1.82) is 0 Å². The van der Waals surface area contributed by atoms with E-state index in [4.69, 9.17) is 10.8 Å². The van der Waals surface area contributed by atoms with Crippen LogP contribution in [0.1, 0.15) is 27.7 Å². The Labute approximate surface area is 146 Å². The number of hydrogen-bond acceptors (Lipinski definition) is 6. The average molecular weight is 362 g/mol. The van der Waals surface area contributed by atoms with E-state index in [0.717, 1.165) is 0 Å². The number of nitrogens with two attached hydrogens (primary N) is 1. The van der Waals surface area contributed by atoms with Crippen molar-refractivity contribution in [2.45, 2.75) is 51.9 Å². The number of amides is 3. The van der Waals surface area contributed by atoms with Crippen molar-refractivity contribution in [1.82, 2.24) is 16.0 Å². The van der Waals surface area contributed by atoms with Crippen molar-refractivity contribution in [3.63, 3.8) is 0 Å². The smallest absolute Gasteiger partial charge is 0.325 e. The summed E-state index contributed by atoms with van der Waals surface area (Å²) in [6.07, 6.45) is 0. The van der Waals surface area contributed by atoms with Gasteiger partial charge in [-0.3, -0.25) is 19.2 Å². The minimum atomic E-state index is -1.19. The van der Waals surface area contributed by atoms with E-state index < -0.39 is 47.9 Å². The largest absolute Gasteiger partial charge is 0.480 e. The first-order valence-corrected chi connectivity index (χ1v) is 8.14. The first-order valence-electron chi connectivity index (χ1n) is 7.51. The van der Waals surface area contributed by atoms with E-state index in [1.807, 2.05) is 0 Å². The van der Waals surface area contributed by atoms with Gasteiger partial charge in [0.1, 0.15) is 18.1 Å². The maximum atomic E-state index is 12.3. The Kier molecular flexibility index (Phi) is 9.37. The number of hydrogen-bond donors (Lipinski definition) is 6. The molecule has 4 atom stereocenters. The molecule has 10 heteroatoms. The molecule has 3 amide bonds. The SMILES string of the molecule is CC(N)C(=O)NC(CS)C(=O)NC(C(=O)NC(C)C(=O)O)C(C)C. The molecule has 0 radical (unpaired) electrons. The molecular formula is C14H26N4O5S. The van der Waals surface area contributed by atoms with Crippen LogP contribution in [0, 0.1) is 5.92 Å². The van der Waals surface area contributed by atoms with Crippen LogP contribution in [0.5, 0.6) is 0 Å². The highest BCUT2D eigenvalue weighted by Crippen LogP contribution is 2.04. The Balaban J connectivity index is 4.97. The summed E-state index contributed by atoms with van der Waals surface area (Å²) in [7, 11) is 0. The van der Waals surface area contributed by atoms with Gasteiger partial charge in [-0.2, -0.15) is 12.6 Å². The monoisotopic (exact) mass is 362 g/mol. The van der Waals surface area contributed by atoms with E-state index in [1.54, 1.807) is 13.8 Å². The van der Waals surface area contributed by atoms with E-state index in [2.05, 4.69) is 28.6 Å². The summed E-state index contributed by atoms with van der Waals surface area (Å²) in [5.41, 5.74) is 5.43. The van der Waals surface area contributed by atoms with Crippen LogP contribution in [0.25, 0.3) is 0 Å². The van der Waals surface area contributed by atoms with Gasteiger partial charge in [0.05, 0.1) is 6.04 Å². The molecule has 0 aliphatic heterocycles. The van der Waals surface area contributed by atoms with Gasteiger partial charge in [0.2, 0.25) is 17.7 Å². The quantitative estimate of drug-likeness (QED) is 0.274. The molecule has 138 valence electrons. The molecule has 0 aliphatic carbocycles. The number of nitrogens with one attached hydrogen (secondary N) is 3. The molecule has 0 saturated heterocycles. The molecule has 0 aromatic rings. The molecule has 9 nitrogen and oxygen atoms in total. The molecule has 0 spiro atoms. The molecule has 0 aromatic carbocycles. The Morgan fingerprint density at radius 1 is 0.958 bits per heavy atom. The van der Waals surface area contributed by atoms with Gasteiger partial charge in [-0.15, -0.1) is 0 Å². The highest BCUT2D eigenvalue weighted by Gasteiger charge is 2.30. The fourth-order valence-electron chi connectivity index (χ4n) is 1.65. The average Bonchev–Trinajstić information content (AvgIpc) is 2.48. The van der Waals surface area contributed by atoms with Crippen molar-refractivity contribution in [3.05, 3.63) is 0 Å². The Morgan fingerprint density at radius 3 is 1.88 bits per heavy atom. The third kappa shape index (κ3) is 7.18. The third-order valence-electron chi connectivity index (χ3n) is 3.21. The van der Waals surface area contributed by atoms with Crippen LogP contribution in [-0.2, 0) is 19.2 Å². The lowest BCUT2D eigenvalue weighted by molar-refractivity contribution is -0.142. The Hall–Kier alpha value is -1.81. The van der Waals surface area contributed by atoms with Crippen LogP contribution < -0.4 is 21.7 Å². The number of carboxylic acids is 1. The first-order chi connectivity index (χ1) is 11.0. The summed E-state index contributed by atoms with van der Waals surface area (Å²) >= 11 is 4.01. The van der Waals surface area contributed by atoms with Crippen molar-refractivity contribution < 1.29 is 24.3 Å². The van der Waals surface area contributed by atoms with E-state index in [1.165, 1.54) is 13.8 Å². The molecule has 0 heterocycles. The van der Waals surface area contributed by atoms with Crippen LogP contribution in [0.15, 0.2) is 0 Å². The zero-order chi connectivity index (χ0) is 19.0. The minimum absolute atomic E-state index is 0.0161. The van der Waals surface area contributed by atoms with E-state index in [9.17, 15) is 19.2 Å². The topological polar surface area (TPSA) is 151 Å². The first kappa shape index (κ1) is 22.2. The Bertz CT molecular complexity index is 484. The fraction of sp³-hybridized carbons (Fsp3) is 0.714. The van der Waals surface area contributed by atoms with Crippen molar-refractivity contribution >= 4 is 36.3 Å². The molecule has 0 saturated carbocycles. The summed E-state index contributed by atoms with van der Waals surface area (Å²) < 4.78 is 0. The van der Waals surface area contributed by atoms with Gasteiger partial charge >= 0.3 is 5.97 Å². The predicted molar refractivity (Wildman–Crippen MR) is 91.4 cm³/mol. The Morgan fingerprint density at radius 2 is 1.50 bits per heavy atom. The van der Waals surface area contributed by atoms with Gasteiger partial charge in [-0.25, -0.2) is 0 Å². The standard InChI is InChI=1S/C14H26N4O5S/c1-6(2)10(13(21)16-8(4)14(22)23)18-12(20)9(5-24)17-11(19)7(3)15/h6-10,24H,5,15H2,1-4H3,(H,16,21)(H,17,19)(H,18,20)(H,22,23). The second kappa shape index (κ2) is 10.1. The zero-order valence-electron chi connectivity index (χ0n) is 14.2. The molecule has 0 aliphatic rings. The van der Waals surface area contributed by atoms with Crippen molar-refractivity contribution in [3.8, 4) is 0 Å². The zero-order valence-corrected chi connectivity index (χ0v) is 15.1. The molecule has 0 fully saturated rings. The van der Waals surface area contributed by atoms with Crippen LogP contribution >= 0.6 is 12.6 Å². The number of aliphatic carboxylic acids is 1. The fourth-order valence-corrected chi connectivity index (χ4v) is 1.91. The molecular weight excluding hydrogens is 336 g/mol. The summed E-state index contributed by atoms with van der Waals surface area (Å²) in [5, 5.41) is 16.1. The van der Waals surface area contributed by atoms with Crippen LogP contribution in [0.3, 0.4) is 0 Å². The van der Waals surface area contributed by atoms with Crippen LogP contribution in [-0.4, -0.2) is 58.7 Å². The highest BCUT2D eigenvalue weighted by molar-refractivity contribution is 7.80. The summed E-state index contributed by atoms with van der Waals surface area (Å²) in [6, 6.07) is -3.79. The molecule has 24 heavy (non-hydrogen) atoms. The highest BCUT2D eigenvalue weighted by atomic mass is 32.1. The molecule has 0 aromatic heterocycles. The lowest BCUT2D eigenvalue weighted by atomic mass is 10.0. The van der Waals surface area contributed by atoms with Gasteiger partial charge in [0, 0.05) is 5.75 Å². The maximum Gasteiger partial charge on any atom is 0.325 e. The number of thiol groups is 1. The maximum absolute atomic E-state index is 12.3. The van der Waals surface area contributed by atoms with E-state index in [0.29, 0.717) is 0 Å². The molecule has 0 bridgehead atoms. The van der Waals surface area contributed by atoms with Crippen molar-refractivity contribution in [2.24, 2.45) is 11.7 Å². The van der Waals surface area contributed by atoms with Gasteiger partial charge < -0.3 is 26.8 Å². The summed E-state index contributed by atoms with van der Waals surface area (Å²) in [6.45, 7) is 6.19. The van der Waals surface area contributed by atoms with Crippen molar-refractivity contribution in [2.75, 3.05) is 5.75 Å². The van der Waals surface area contributed by atoms with Crippen LogP contribution in [0.2, 0.25) is 0 Å². The number of rotatable bonds is 9. The van der Waals surface area contributed by atoms with Crippen LogP contribution in [0.4, 0.5) is 0 Å². The molecule has 6 N–H and O–H groups in total. The van der Waals surface area contributed by atoms with Gasteiger partial charge in [-0.1, -0.05) is 13.8 Å².